The van der Waals surface area contributed by atoms with Crippen molar-refractivity contribution in [1.82, 2.24) is 5.32 Å². The smallest absolute Gasteiger partial charge is 0.275 e. The molecule has 0 aromatic heterocycles. The van der Waals surface area contributed by atoms with Gasteiger partial charge in [0.15, 0.2) is 5.17 Å². The van der Waals surface area contributed by atoms with Gasteiger partial charge in [0.25, 0.3) is 5.91 Å². The number of hydrogen-bond acceptors (Lipinski definition) is 4. The van der Waals surface area contributed by atoms with Gasteiger partial charge in [0.05, 0.1) is 0 Å². The molecular formula is C19H19N3OS. The highest BCUT2D eigenvalue weighted by molar-refractivity contribution is 8.13. The minimum Gasteiger partial charge on any atom is -0.378 e. The van der Waals surface area contributed by atoms with Crippen LogP contribution in [-0.2, 0) is 10.5 Å². The van der Waals surface area contributed by atoms with E-state index in [2.05, 4.69) is 22.4 Å². The number of thioether (sulfide) groups is 1. The first-order chi connectivity index (χ1) is 11.6. The van der Waals surface area contributed by atoms with Crippen molar-refractivity contribution in [3.8, 4) is 0 Å². The van der Waals surface area contributed by atoms with E-state index in [1.54, 1.807) is 0 Å². The Labute approximate surface area is 146 Å². The molecule has 0 unspecified atom stereocenters. The molecule has 0 atom stereocenters. The monoisotopic (exact) mass is 337 g/mol. The standard InChI is InChI=1S/C19H19N3OS/c1-22(2)16-10-8-14(9-11-16)12-17-18(23)21-19(20-17)24-13-15-6-4-3-5-7-15/h3-12H,13H2,1-2H3,(H,20,21,23)/b17-12-. The highest BCUT2D eigenvalue weighted by Crippen LogP contribution is 2.20. The van der Waals surface area contributed by atoms with Crippen molar-refractivity contribution in [2.24, 2.45) is 4.99 Å². The molecule has 0 aliphatic carbocycles. The van der Waals surface area contributed by atoms with Gasteiger partial charge in [0.1, 0.15) is 5.70 Å². The Morgan fingerprint density at radius 2 is 1.79 bits per heavy atom. The maximum Gasteiger partial charge on any atom is 0.275 e. The second kappa shape index (κ2) is 7.36. The first kappa shape index (κ1) is 16.3. The van der Waals surface area contributed by atoms with Gasteiger partial charge in [0.2, 0.25) is 0 Å². The Morgan fingerprint density at radius 1 is 1.08 bits per heavy atom. The Morgan fingerprint density at radius 3 is 2.46 bits per heavy atom. The molecule has 0 saturated carbocycles. The Kier molecular flexibility index (Phi) is 5.01. The number of amidine groups is 1. The average molecular weight is 337 g/mol. The summed E-state index contributed by atoms with van der Waals surface area (Å²) in [6.07, 6.45) is 1.81. The van der Waals surface area contributed by atoms with Crippen LogP contribution in [0.1, 0.15) is 11.1 Å². The van der Waals surface area contributed by atoms with Crippen LogP contribution in [0.15, 0.2) is 65.3 Å². The first-order valence-electron chi connectivity index (χ1n) is 7.68. The fourth-order valence-corrected chi connectivity index (χ4v) is 3.09. The Bertz CT molecular complexity index is 780. The number of aliphatic imine (C=N–C) groups is 1. The maximum atomic E-state index is 12.1. The Balaban J connectivity index is 1.69. The zero-order valence-electron chi connectivity index (χ0n) is 13.7. The van der Waals surface area contributed by atoms with E-state index in [9.17, 15) is 4.79 Å². The minimum atomic E-state index is -0.151. The van der Waals surface area contributed by atoms with Gasteiger partial charge in [-0.1, -0.05) is 54.2 Å². The number of carbonyl (C=O) groups is 1. The van der Waals surface area contributed by atoms with Gasteiger partial charge in [-0.3, -0.25) is 10.1 Å². The molecule has 24 heavy (non-hydrogen) atoms. The molecule has 2 aromatic carbocycles. The summed E-state index contributed by atoms with van der Waals surface area (Å²) in [6.45, 7) is 0. The van der Waals surface area contributed by atoms with Crippen LogP contribution in [0.4, 0.5) is 5.69 Å². The predicted molar refractivity (Wildman–Crippen MR) is 102 cm³/mol. The fraction of sp³-hybridized carbons (Fsp3) is 0.158. The maximum absolute atomic E-state index is 12.1. The molecule has 0 radical (unpaired) electrons. The van der Waals surface area contributed by atoms with Gasteiger partial charge < -0.3 is 4.90 Å². The van der Waals surface area contributed by atoms with Crippen molar-refractivity contribution in [3.05, 3.63) is 71.4 Å². The summed E-state index contributed by atoms with van der Waals surface area (Å²) in [4.78, 5) is 18.5. The lowest BCUT2D eigenvalue weighted by Gasteiger charge is -2.11. The number of nitrogens with one attached hydrogen (secondary N) is 1. The number of hydrogen-bond donors (Lipinski definition) is 1. The summed E-state index contributed by atoms with van der Waals surface area (Å²) in [5, 5.41) is 3.47. The molecule has 0 saturated heterocycles. The van der Waals surface area contributed by atoms with Crippen molar-refractivity contribution in [1.29, 1.82) is 0 Å². The van der Waals surface area contributed by atoms with Crippen molar-refractivity contribution >= 4 is 34.6 Å². The van der Waals surface area contributed by atoms with E-state index in [0.717, 1.165) is 17.0 Å². The van der Waals surface area contributed by atoms with Crippen LogP contribution in [0.25, 0.3) is 6.08 Å². The third-order valence-corrected chi connectivity index (χ3v) is 4.55. The van der Waals surface area contributed by atoms with Crippen LogP contribution in [-0.4, -0.2) is 25.2 Å². The first-order valence-corrected chi connectivity index (χ1v) is 8.66. The van der Waals surface area contributed by atoms with Crippen LogP contribution in [0.5, 0.6) is 0 Å². The molecular weight excluding hydrogens is 318 g/mol. The lowest BCUT2D eigenvalue weighted by molar-refractivity contribution is -0.115. The van der Waals surface area contributed by atoms with Crippen LogP contribution in [0.2, 0.25) is 0 Å². The van der Waals surface area contributed by atoms with Crippen molar-refractivity contribution in [2.75, 3.05) is 19.0 Å². The van der Waals surface area contributed by atoms with E-state index in [1.165, 1.54) is 17.3 Å². The minimum absolute atomic E-state index is 0.151. The second-order valence-electron chi connectivity index (χ2n) is 5.66. The molecule has 5 heteroatoms. The van der Waals surface area contributed by atoms with E-state index in [1.807, 2.05) is 67.5 Å². The number of anilines is 1. The molecule has 1 aliphatic rings. The zero-order chi connectivity index (χ0) is 16.9. The quantitative estimate of drug-likeness (QED) is 0.868. The summed E-state index contributed by atoms with van der Waals surface area (Å²) >= 11 is 1.53. The molecule has 0 spiro atoms. The van der Waals surface area contributed by atoms with E-state index in [0.29, 0.717) is 10.9 Å². The Hall–Kier alpha value is -2.53. The molecule has 4 nitrogen and oxygen atoms in total. The van der Waals surface area contributed by atoms with Gasteiger partial charge in [-0.2, -0.15) is 0 Å². The molecule has 0 fully saturated rings. The van der Waals surface area contributed by atoms with E-state index in [4.69, 9.17) is 0 Å². The summed E-state index contributed by atoms with van der Waals surface area (Å²) in [5.41, 5.74) is 3.73. The lowest BCUT2D eigenvalue weighted by atomic mass is 10.1. The van der Waals surface area contributed by atoms with Crippen molar-refractivity contribution in [3.63, 3.8) is 0 Å². The van der Waals surface area contributed by atoms with Crippen LogP contribution < -0.4 is 10.2 Å². The number of rotatable bonds is 4. The molecule has 1 N–H and O–H groups in total. The molecule has 2 aromatic rings. The van der Waals surface area contributed by atoms with Gasteiger partial charge in [0, 0.05) is 25.5 Å². The van der Waals surface area contributed by atoms with Crippen LogP contribution >= 0.6 is 11.8 Å². The van der Waals surface area contributed by atoms with Crippen molar-refractivity contribution in [2.45, 2.75) is 5.75 Å². The normalized spacial score (nSPS) is 15.3. The van der Waals surface area contributed by atoms with Crippen LogP contribution in [0, 0.1) is 0 Å². The molecule has 0 bridgehead atoms. The lowest BCUT2D eigenvalue weighted by Crippen LogP contribution is -2.21. The summed E-state index contributed by atoms with van der Waals surface area (Å²) in [6, 6.07) is 18.1. The predicted octanol–water partition coefficient (Wildman–Crippen LogP) is 3.51. The molecule has 1 aliphatic heterocycles. The summed E-state index contributed by atoms with van der Waals surface area (Å²) in [7, 11) is 4.00. The molecule has 1 amide bonds. The van der Waals surface area contributed by atoms with E-state index >= 15 is 0 Å². The van der Waals surface area contributed by atoms with E-state index in [-0.39, 0.29) is 5.91 Å². The molecule has 1 heterocycles. The highest BCUT2D eigenvalue weighted by Gasteiger charge is 2.20. The topological polar surface area (TPSA) is 44.7 Å². The van der Waals surface area contributed by atoms with Crippen LogP contribution in [0.3, 0.4) is 0 Å². The van der Waals surface area contributed by atoms with Gasteiger partial charge >= 0.3 is 0 Å². The largest absolute Gasteiger partial charge is 0.378 e. The van der Waals surface area contributed by atoms with Crippen molar-refractivity contribution < 1.29 is 4.79 Å². The van der Waals surface area contributed by atoms with Gasteiger partial charge in [-0.15, -0.1) is 0 Å². The number of nitrogens with zero attached hydrogens (tertiary/aromatic N) is 2. The fourth-order valence-electron chi connectivity index (χ4n) is 2.27. The highest BCUT2D eigenvalue weighted by atomic mass is 32.2. The number of carbonyl (C=O) groups excluding carboxylic acids is 1. The third-order valence-electron chi connectivity index (χ3n) is 3.61. The summed E-state index contributed by atoms with van der Waals surface area (Å²) in [5.74, 6) is 0.632. The zero-order valence-corrected chi connectivity index (χ0v) is 14.5. The number of amides is 1. The second-order valence-corrected chi connectivity index (χ2v) is 6.62. The average Bonchev–Trinajstić information content (AvgIpc) is 2.94. The van der Waals surface area contributed by atoms with Gasteiger partial charge in [-0.25, -0.2) is 4.99 Å². The third kappa shape index (κ3) is 4.06. The van der Waals surface area contributed by atoms with E-state index < -0.39 is 0 Å². The summed E-state index contributed by atoms with van der Waals surface area (Å²) < 4.78 is 0. The SMILES string of the molecule is CN(C)c1ccc(/C=C2\N=C(SCc3ccccc3)NC2=O)cc1. The molecule has 3 rings (SSSR count). The number of benzene rings is 2. The molecule has 122 valence electrons. The van der Waals surface area contributed by atoms with Gasteiger partial charge in [-0.05, 0) is 29.3 Å².